The Morgan fingerprint density at radius 1 is 1.19 bits per heavy atom. The summed E-state index contributed by atoms with van der Waals surface area (Å²) in [4.78, 5) is 14.4. The number of benzene rings is 2. The first-order valence-corrected chi connectivity index (χ1v) is 12.3. The molecule has 1 amide bonds. The average Bonchev–Trinajstić information content (AvgIpc) is 2.75. The normalized spacial score (nSPS) is 15.5. The highest BCUT2D eigenvalue weighted by atomic mass is 127. The number of nitrogens with two attached hydrogens (primary N) is 1. The summed E-state index contributed by atoms with van der Waals surface area (Å²) < 4.78 is 13.3. The van der Waals surface area contributed by atoms with E-state index in [9.17, 15) is 9.90 Å². The Kier molecular flexibility index (Phi) is 9.63. The van der Waals surface area contributed by atoms with Crippen LogP contribution in [0.4, 0.5) is 0 Å². The number of rotatable bonds is 9. The van der Waals surface area contributed by atoms with Crippen LogP contribution in [0.25, 0.3) is 0 Å². The van der Waals surface area contributed by atoms with Gasteiger partial charge in [-0.25, -0.2) is 0 Å². The lowest BCUT2D eigenvalue weighted by Gasteiger charge is -2.26. The van der Waals surface area contributed by atoms with Crippen LogP contribution in [0.1, 0.15) is 12.0 Å². The summed E-state index contributed by atoms with van der Waals surface area (Å²) in [6.45, 7) is 4.45. The molecule has 9 heteroatoms. The first kappa shape index (κ1) is 24.5. The van der Waals surface area contributed by atoms with Crippen molar-refractivity contribution in [3.63, 3.8) is 0 Å². The molecule has 1 aliphatic rings. The number of carbonyl (C=O) groups excluding carboxylic acids is 1. The molecule has 7 nitrogen and oxygen atoms in total. The minimum Gasteiger partial charge on any atom is -0.508 e. The van der Waals surface area contributed by atoms with Gasteiger partial charge >= 0.3 is 0 Å². The Balaban J connectivity index is 1.47. The van der Waals surface area contributed by atoms with E-state index >= 15 is 0 Å². The van der Waals surface area contributed by atoms with Crippen LogP contribution in [0.3, 0.4) is 0 Å². The number of morpholine rings is 1. The third-order valence-electron chi connectivity index (χ3n) is 4.93. The molecule has 4 N–H and O–H groups in total. The maximum Gasteiger partial charge on any atom is 0.221 e. The minimum atomic E-state index is -0.164. The van der Waals surface area contributed by atoms with Crippen LogP contribution in [-0.4, -0.2) is 61.3 Å². The quantitative estimate of drug-likeness (QED) is 0.361. The van der Waals surface area contributed by atoms with Crippen molar-refractivity contribution in [3.8, 4) is 17.2 Å². The van der Waals surface area contributed by atoms with Gasteiger partial charge in [0.25, 0.3) is 0 Å². The van der Waals surface area contributed by atoms with Crippen molar-refractivity contribution < 1.29 is 19.4 Å². The minimum absolute atomic E-state index is 0.0312. The molecule has 0 spiro atoms. The van der Waals surface area contributed by atoms with Crippen molar-refractivity contribution in [1.82, 2.24) is 10.2 Å². The number of phenolic OH excluding ortho intramolecular Hbond substituents is 1. The number of hydrogen-bond donors (Lipinski definition) is 3. The van der Waals surface area contributed by atoms with Gasteiger partial charge in [0.05, 0.1) is 20.4 Å². The summed E-state index contributed by atoms with van der Waals surface area (Å²) >= 11 is 4.51. The lowest BCUT2D eigenvalue weighted by atomic mass is 10.1. The highest BCUT2D eigenvalue weighted by Gasteiger charge is 2.15. The maximum absolute atomic E-state index is 12.1. The van der Waals surface area contributed by atoms with Crippen LogP contribution in [-0.2, 0) is 16.0 Å². The molecule has 2 aromatic carbocycles. The second kappa shape index (κ2) is 12.2. The van der Waals surface area contributed by atoms with Crippen molar-refractivity contribution in [2.24, 2.45) is 5.73 Å². The predicted octanol–water partition coefficient (Wildman–Crippen LogP) is 3.10. The first-order valence-electron chi connectivity index (χ1n) is 10.2. The molecule has 3 rings (SSSR count). The number of aromatic hydroxyl groups is 1. The van der Waals surface area contributed by atoms with Crippen LogP contribution in [0, 0.1) is 7.14 Å². The first-order chi connectivity index (χ1) is 14.9. The molecule has 1 aliphatic heterocycles. The highest BCUT2D eigenvalue weighted by Crippen LogP contribution is 2.33. The maximum atomic E-state index is 12.1. The van der Waals surface area contributed by atoms with Crippen molar-refractivity contribution in [2.45, 2.75) is 18.9 Å². The Bertz CT molecular complexity index is 851. The lowest BCUT2D eigenvalue weighted by molar-refractivity contribution is -0.121. The van der Waals surface area contributed by atoms with Crippen LogP contribution in [0.5, 0.6) is 17.2 Å². The Morgan fingerprint density at radius 3 is 2.48 bits per heavy atom. The summed E-state index contributed by atoms with van der Waals surface area (Å²) in [7, 11) is 0. The third-order valence-corrected chi connectivity index (χ3v) is 6.54. The fourth-order valence-corrected chi connectivity index (χ4v) is 5.37. The van der Waals surface area contributed by atoms with E-state index in [2.05, 4.69) is 67.5 Å². The molecule has 0 aliphatic carbocycles. The van der Waals surface area contributed by atoms with Gasteiger partial charge in [0.15, 0.2) is 5.75 Å². The SMILES string of the molecule is N[C@H](CNC(=O)CCN1CCOCC1)Cc1cc(I)c(Oc2ccc(O)cc2)c(I)c1. The summed E-state index contributed by atoms with van der Waals surface area (Å²) in [5, 5.41) is 12.4. The molecule has 0 radical (unpaired) electrons. The largest absolute Gasteiger partial charge is 0.508 e. The topological polar surface area (TPSA) is 97.1 Å². The molecule has 1 atom stereocenters. The van der Waals surface area contributed by atoms with Crippen molar-refractivity contribution in [3.05, 3.63) is 49.1 Å². The fraction of sp³-hybridized carbons (Fsp3) is 0.409. The van der Waals surface area contributed by atoms with E-state index in [4.69, 9.17) is 15.2 Å². The van der Waals surface area contributed by atoms with Crippen LogP contribution in [0.2, 0.25) is 0 Å². The van der Waals surface area contributed by atoms with Gasteiger partial charge < -0.3 is 25.6 Å². The number of hydrogen-bond acceptors (Lipinski definition) is 6. The Labute approximate surface area is 209 Å². The fourth-order valence-electron chi connectivity index (χ4n) is 3.25. The molecule has 0 saturated carbocycles. The molecule has 2 aromatic rings. The third kappa shape index (κ3) is 8.04. The Morgan fingerprint density at radius 2 is 1.84 bits per heavy atom. The van der Waals surface area contributed by atoms with Gasteiger partial charge in [-0.1, -0.05) is 0 Å². The molecule has 31 heavy (non-hydrogen) atoms. The van der Waals surface area contributed by atoms with E-state index in [1.807, 2.05) is 0 Å². The zero-order chi connectivity index (χ0) is 22.2. The number of nitrogens with zero attached hydrogens (tertiary/aromatic N) is 1. The van der Waals surface area contributed by atoms with Gasteiger partial charge in [-0.3, -0.25) is 9.69 Å². The van der Waals surface area contributed by atoms with Crippen molar-refractivity contribution in [2.75, 3.05) is 39.4 Å². The van der Waals surface area contributed by atoms with Gasteiger partial charge in [-0.2, -0.15) is 0 Å². The number of nitrogens with one attached hydrogen (secondary N) is 1. The van der Waals surface area contributed by atoms with E-state index in [1.54, 1.807) is 24.3 Å². The van der Waals surface area contributed by atoms with Crippen LogP contribution >= 0.6 is 45.2 Å². The highest BCUT2D eigenvalue weighted by molar-refractivity contribution is 14.1. The van der Waals surface area contributed by atoms with E-state index in [0.717, 1.165) is 51.3 Å². The molecule has 0 unspecified atom stereocenters. The van der Waals surface area contributed by atoms with Gasteiger partial charge in [-0.05, 0) is 93.6 Å². The molecule has 168 valence electrons. The number of ether oxygens (including phenoxy) is 2. The smallest absolute Gasteiger partial charge is 0.221 e. The standard InChI is InChI=1S/C22H27I2N3O4/c23-19-12-15(13-20(24)22(19)31-18-3-1-17(28)2-4-18)11-16(25)14-26-21(29)5-6-27-7-9-30-10-8-27/h1-4,12-13,16,28H,5-11,14,25H2,(H,26,29)/t16-/m0/s1. The van der Waals surface area contributed by atoms with Crippen molar-refractivity contribution >= 4 is 51.1 Å². The molecular weight excluding hydrogens is 624 g/mol. The van der Waals surface area contributed by atoms with Gasteiger partial charge in [-0.15, -0.1) is 0 Å². The van der Waals surface area contributed by atoms with Gasteiger partial charge in [0, 0.05) is 38.6 Å². The van der Waals surface area contributed by atoms with E-state index in [-0.39, 0.29) is 17.7 Å². The second-order valence-corrected chi connectivity index (χ2v) is 9.78. The number of phenols is 1. The number of carbonyl (C=O) groups is 1. The van der Waals surface area contributed by atoms with Crippen LogP contribution in [0.15, 0.2) is 36.4 Å². The Hall–Kier alpha value is -1.15. The summed E-state index contributed by atoms with van der Waals surface area (Å²) in [6, 6.07) is 10.6. The number of halogens is 2. The molecule has 1 saturated heterocycles. The molecule has 1 heterocycles. The number of amides is 1. The average molecular weight is 651 g/mol. The molecule has 0 bridgehead atoms. The molecule has 0 aromatic heterocycles. The van der Waals surface area contributed by atoms with Crippen molar-refractivity contribution in [1.29, 1.82) is 0 Å². The van der Waals surface area contributed by atoms with Gasteiger partial charge in [0.2, 0.25) is 5.91 Å². The predicted molar refractivity (Wildman–Crippen MR) is 137 cm³/mol. The zero-order valence-corrected chi connectivity index (χ0v) is 21.5. The molecular formula is C22H27I2N3O4. The molecule has 1 fully saturated rings. The lowest BCUT2D eigenvalue weighted by Crippen LogP contribution is -2.41. The summed E-state index contributed by atoms with van der Waals surface area (Å²) in [5.74, 6) is 1.68. The van der Waals surface area contributed by atoms with E-state index in [1.165, 1.54) is 0 Å². The zero-order valence-electron chi connectivity index (χ0n) is 17.2. The summed E-state index contributed by atoms with van der Waals surface area (Å²) in [5.41, 5.74) is 7.37. The van der Waals surface area contributed by atoms with E-state index < -0.39 is 0 Å². The second-order valence-electron chi connectivity index (χ2n) is 7.46. The van der Waals surface area contributed by atoms with E-state index in [0.29, 0.717) is 25.1 Å². The van der Waals surface area contributed by atoms with Crippen LogP contribution < -0.4 is 15.8 Å². The monoisotopic (exact) mass is 651 g/mol. The summed E-state index contributed by atoms with van der Waals surface area (Å²) in [6.07, 6.45) is 1.14. The van der Waals surface area contributed by atoms with Gasteiger partial charge in [0.1, 0.15) is 11.5 Å².